The molecule has 2 saturated heterocycles. The molecule has 0 saturated carbocycles. The summed E-state index contributed by atoms with van der Waals surface area (Å²) in [7, 11) is 0. The van der Waals surface area contributed by atoms with Gasteiger partial charge in [0.05, 0.1) is 31.8 Å². The Morgan fingerprint density at radius 3 is 2.68 bits per heavy atom. The Morgan fingerprint density at radius 1 is 1.16 bits per heavy atom. The molecule has 6 rings (SSSR count). The van der Waals surface area contributed by atoms with E-state index in [0.29, 0.717) is 30.1 Å². The van der Waals surface area contributed by atoms with Gasteiger partial charge in [-0.25, -0.2) is 15.0 Å². The topological polar surface area (TPSA) is 192 Å². The number of rotatable bonds is 7. The van der Waals surface area contributed by atoms with Gasteiger partial charge >= 0.3 is 0 Å². The summed E-state index contributed by atoms with van der Waals surface area (Å²) in [6.07, 6.45) is -2.34. The van der Waals surface area contributed by atoms with Gasteiger partial charge in [0, 0.05) is 6.61 Å². The van der Waals surface area contributed by atoms with E-state index in [2.05, 4.69) is 25.7 Å². The third-order valence-corrected chi connectivity index (χ3v) is 6.89. The Bertz CT molecular complexity index is 1320. The summed E-state index contributed by atoms with van der Waals surface area (Å²) in [5.74, 6) is 0.465. The highest BCUT2D eigenvalue weighted by molar-refractivity contribution is 5.85. The van der Waals surface area contributed by atoms with Crippen molar-refractivity contribution in [3.63, 3.8) is 0 Å². The first kappa shape index (κ1) is 24.0. The normalized spacial score (nSPS) is 31.9. The van der Waals surface area contributed by atoms with Crippen molar-refractivity contribution in [2.75, 3.05) is 25.1 Å². The smallest absolute Gasteiger partial charge is 0.209 e. The predicted molar refractivity (Wildman–Crippen MR) is 128 cm³/mol. The fourth-order valence-corrected chi connectivity index (χ4v) is 4.81. The minimum absolute atomic E-state index is 0.0288. The molecule has 3 aliphatic rings. The third kappa shape index (κ3) is 3.98. The molecule has 14 heteroatoms. The van der Waals surface area contributed by atoms with Crippen molar-refractivity contribution in [2.45, 2.75) is 48.6 Å². The van der Waals surface area contributed by atoms with Crippen LogP contribution in [-0.4, -0.2) is 90.3 Å². The van der Waals surface area contributed by atoms with Gasteiger partial charge in [-0.15, -0.1) is 10.2 Å². The lowest BCUT2D eigenvalue weighted by Gasteiger charge is -2.27. The summed E-state index contributed by atoms with van der Waals surface area (Å²) in [6.45, 7) is 0.613. The summed E-state index contributed by atoms with van der Waals surface area (Å²) in [5, 5.41) is 57.2. The van der Waals surface area contributed by atoms with Gasteiger partial charge in [-0.2, -0.15) is 0 Å². The van der Waals surface area contributed by atoms with Gasteiger partial charge in [-0.05, 0) is 17.2 Å². The maximum absolute atomic E-state index is 11.4. The van der Waals surface area contributed by atoms with E-state index < -0.39 is 42.8 Å². The zero-order valence-electron chi connectivity index (χ0n) is 19.6. The summed E-state index contributed by atoms with van der Waals surface area (Å²) >= 11 is 0. The molecule has 5 N–H and O–H groups in total. The lowest BCUT2D eigenvalue weighted by molar-refractivity contribution is -0.0511. The molecule has 37 heavy (non-hydrogen) atoms. The van der Waals surface area contributed by atoms with Crippen molar-refractivity contribution >= 4 is 23.2 Å². The molecule has 194 valence electrons. The minimum Gasteiger partial charge on any atom is -0.394 e. The Balaban J connectivity index is 1.50. The first-order valence-electron chi connectivity index (χ1n) is 11.9. The number of aromatic nitrogens is 4. The van der Waals surface area contributed by atoms with Gasteiger partial charge < -0.3 is 35.2 Å². The van der Waals surface area contributed by atoms with Crippen molar-refractivity contribution < 1.29 is 29.9 Å². The molecule has 3 aliphatic heterocycles. The number of nitrogens with zero attached hydrogens (tertiary/aromatic N) is 7. The second-order valence-electron chi connectivity index (χ2n) is 9.23. The molecule has 3 unspecified atom stereocenters. The number of hydrogen-bond donors (Lipinski definition) is 5. The number of aliphatic hydroxyl groups is 4. The standard InChI is InChI=1S/C23H26N8O6/c32-8-14-16(33)17(34)21(37-14)31-11-24-15-19(26-13-6-7-36-9-13)27-22(28-20(15)31)23(10-25-30-29-23)18(35)12-4-2-1-3-5-12/h1-5,10-11,13-14,16-18,21,32-35H,6-9H2,(H,26,27,28)/t13?,14-,16-,17-,18?,21-,23?/m1/s1. The van der Waals surface area contributed by atoms with Crippen LogP contribution in [0, 0.1) is 0 Å². The Kier molecular flexibility index (Phi) is 6.14. The highest BCUT2D eigenvalue weighted by atomic mass is 16.6. The molecule has 14 nitrogen and oxygen atoms in total. The number of aliphatic hydroxyl groups excluding tert-OH is 4. The average Bonchev–Trinajstić information content (AvgIpc) is 3.73. The SMILES string of the molecule is OC[C@H]1O[C@@H](n2cnc3c(NC4CCOC4)nc(C4(C(O)c5ccccc5)C=NN=N4)nc32)[C@H](O)[C@@H]1O. The van der Waals surface area contributed by atoms with Crippen molar-refractivity contribution in [3.05, 3.63) is 48.0 Å². The van der Waals surface area contributed by atoms with Crippen molar-refractivity contribution in [1.29, 1.82) is 0 Å². The molecule has 2 fully saturated rings. The first-order valence-corrected chi connectivity index (χ1v) is 11.9. The van der Waals surface area contributed by atoms with E-state index in [9.17, 15) is 20.4 Å². The molecule has 0 amide bonds. The predicted octanol–water partition coefficient (Wildman–Crippen LogP) is 0.0191. The Hall–Kier alpha value is -3.40. The maximum Gasteiger partial charge on any atom is 0.209 e. The number of anilines is 1. The first-order chi connectivity index (χ1) is 18.0. The summed E-state index contributed by atoms with van der Waals surface area (Å²) in [5.41, 5.74) is -0.328. The molecule has 0 spiro atoms. The van der Waals surface area contributed by atoms with Gasteiger partial charge in [0.1, 0.15) is 24.4 Å². The van der Waals surface area contributed by atoms with Gasteiger partial charge in [-0.3, -0.25) is 4.57 Å². The van der Waals surface area contributed by atoms with Crippen molar-refractivity contribution in [1.82, 2.24) is 19.5 Å². The van der Waals surface area contributed by atoms with E-state index in [1.54, 1.807) is 24.3 Å². The molecule has 0 aliphatic carbocycles. The maximum atomic E-state index is 11.4. The zero-order chi connectivity index (χ0) is 25.6. The van der Waals surface area contributed by atoms with Crippen LogP contribution in [0.4, 0.5) is 5.82 Å². The average molecular weight is 511 g/mol. The quantitative estimate of drug-likeness (QED) is 0.289. The fraction of sp³-hybridized carbons (Fsp3) is 0.478. The second-order valence-corrected chi connectivity index (χ2v) is 9.23. The molecule has 2 aromatic heterocycles. The van der Waals surface area contributed by atoms with Gasteiger partial charge in [0.15, 0.2) is 29.0 Å². The molecule has 0 bridgehead atoms. The van der Waals surface area contributed by atoms with E-state index in [1.807, 2.05) is 6.07 Å². The van der Waals surface area contributed by atoms with Crippen LogP contribution in [0.3, 0.4) is 0 Å². The highest BCUT2D eigenvalue weighted by Crippen LogP contribution is 2.40. The lowest BCUT2D eigenvalue weighted by atomic mass is 9.88. The number of nitrogens with one attached hydrogen (secondary N) is 1. The van der Waals surface area contributed by atoms with Crippen LogP contribution < -0.4 is 5.32 Å². The fourth-order valence-electron chi connectivity index (χ4n) is 4.81. The van der Waals surface area contributed by atoms with Crippen LogP contribution in [0.15, 0.2) is 52.1 Å². The minimum atomic E-state index is -1.53. The van der Waals surface area contributed by atoms with Crippen LogP contribution in [-0.2, 0) is 15.0 Å². The Morgan fingerprint density at radius 2 is 2.00 bits per heavy atom. The van der Waals surface area contributed by atoms with Crippen molar-refractivity contribution in [2.24, 2.45) is 15.4 Å². The van der Waals surface area contributed by atoms with Gasteiger partial charge in [0.2, 0.25) is 5.54 Å². The van der Waals surface area contributed by atoms with E-state index >= 15 is 0 Å². The van der Waals surface area contributed by atoms with E-state index in [1.165, 1.54) is 17.1 Å². The molecule has 1 aromatic carbocycles. The zero-order valence-corrected chi connectivity index (χ0v) is 19.6. The van der Waals surface area contributed by atoms with Crippen LogP contribution in [0.2, 0.25) is 0 Å². The van der Waals surface area contributed by atoms with Crippen LogP contribution >= 0.6 is 0 Å². The van der Waals surface area contributed by atoms with Crippen LogP contribution in [0.5, 0.6) is 0 Å². The largest absolute Gasteiger partial charge is 0.394 e. The number of ether oxygens (including phenoxy) is 2. The van der Waals surface area contributed by atoms with E-state index in [4.69, 9.17) is 19.4 Å². The van der Waals surface area contributed by atoms with E-state index in [0.717, 1.165) is 6.42 Å². The number of benzene rings is 1. The van der Waals surface area contributed by atoms with Gasteiger partial charge in [-0.1, -0.05) is 30.3 Å². The van der Waals surface area contributed by atoms with E-state index in [-0.39, 0.29) is 17.5 Å². The highest BCUT2D eigenvalue weighted by Gasteiger charge is 2.47. The molecule has 0 radical (unpaired) electrons. The molecule has 5 heterocycles. The summed E-state index contributed by atoms with van der Waals surface area (Å²) < 4.78 is 12.7. The molecular formula is C23H26N8O6. The summed E-state index contributed by atoms with van der Waals surface area (Å²) in [6, 6.07) is 8.91. The summed E-state index contributed by atoms with van der Waals surface area (Å²) in [4.78, 5) is 13.9. The van der Waals surface area contributed by atoms with Crippen molar-refractivity contribution in [3.8, 4) is 0 Å². The number of imidazole rings is 1. The Labute approximate surface area is 210 Å². The molecular weight excluding hydrogens is 484 g/mol. The number of fused-ring (bicyclic) bond motifs is 1. The van der Waals surface area contributed by atoms with Gasteiger partial charge in [0.25, 0.3) is 0 Å². The second kappa shape index (κ2) is 9.48. The van der Waals surface area contributed by atoms with Crippen LogP contribution in [0.1, 0.15) is 30.1 Å². The molecule has 3 aromatic rings. The third-order valence-electron chi connectivity index (χ3n) is 6.89. The molecule has 7 atom stereocenters. The lowest BCUT2D eigenvalue weighted by Crippen LogP contribution is -2.35. The number of hydrogen-bond acceptors (Lipinski definition) is 13. The van der Waals surface area contributed by atoms with Crippen LogP contribution in [0.25, 0.3) is 11.2 Å². The monoisotopic (exact) mass is 510 g/mol.